The van der Waals surface area contributed by atoms with Crippen LogP contribution >= 0.6 is 12.2 Å². The van der Waals surface area contributed by atoms with E-state index in [1.54, 1.807) is 6.92 Å². The summed E-state index contributed by atoms with van der Waals surface area (Å²) in [6.45, 7) is 6.29. The van der Waals surface area contributed by atoms with Gasteiger partial charge in [0.1, 0.15) is 6.61 Å². The molecule has 4 nitrogen and oxygen atoms in total. The van der Waals surface area contributed by atoms with Crippen LogP contribution in [0.4, 0.5) is 4.79 Å². The first-order valence-electron chi connectivity index (χ1n) is 6.51. The molecule has 1 aromatic rings. The first-order valence-corrected chi connectivity index (χ1v) is 6.92. The van der Waals surface area contributed by atoms with Crippen molar-refractivity contribution in [2.75, 3.05) is 6.61 Å². The number of alkyl carbamates (subject to hydrolysis) is 1. The van der Waals surface area contributed by atoms with Crippen LogP contribution < -0.4 is 5.32 Å². The molecular weight excluding hydrogens is 274 g/mol. The molecule has 0 unspecified atom stereocenters. The maximum atomic E-state index is 11.7. The highest BCUT2D eigenvalue weighted by Gasteiger charge is 2.21. The smallest absolute Gasteiger partial charge is 0.407 e. The van der Waals surface area contributed by atoms with E-state index in [9.17, 15) is 4.79 Å². The molecule has 5 heteroatoms. The number of benzene rings is 1. The zero-order valence-corrected chi connectivity index (χ0v) is 13.0. The third-order valence-corrected chi connectivity index (χ3v) is 2.80. The van der Waals surface area contributed by atoms with Gasteiger partial charge in [0.2, 0.25) is 0 Å². The molecule has 1 rings (SSSR count). The Labute approximate surface area is 125 Å². The van der Waals surface area contributed by atoms with Crippen LogP contribution in [0.3, 0.4) is 0 Å². The molecular formula is C15H21NO3S. The van der Waals surface area contributed by atoms with E-state index in [1.165, 1.54) is 0 Å². The molecule has 0 saturated heterocycles. The minimum Gasteiger partial charge on any atom is -0.487 e. The third kappa shape index (κ3) is 7.09. The Kier molecular flexibility index (Phi) is 6.45. The SMILES string of the molecule is CC(=S)OCCC(C)(C)NC(=O)OCc1ccccc1. The summed E-state index contributed by atoms with van der Waals surface area (Å²) in [4.78, 5) is 11.7. The van der Waals surface area contributed by atoms with Crippen molar-refractivity contribution < 1.29 is 14.3 Å². The molecule has 0 aliphatic heterocycles. The molecule has 20 heavy (non-hydrogen) atoms. The van der Waals surface area contributed by atoms with Crippen LogP contribution in [-0.2, 0) is 16.1 Å². The summed E-state index contributed by atoms with van der Waals surface area (Å²) in [6.07, 6.45) is 0.222. The summed E-state index contributed by atoms with van der Waals surface area (Å²) in [5.41, 5.74) is 0.554. The number of hydrogen-bond donors (Lipinski definition) is 1. The summed E-state index contributed by atoms with van der Waals surface area (Å²) in [7, 11) is 0. The van der Waals surface area contributed by atoms with Gasteiger partial charge < -0.3 is 14.8 Å². The van der Waals surface area contributed by atoms with Gasteiger partial charge >= 0.3 is 6.09 Å². The van der Waals surface area contributed by atoms with Crippen molar-refractivity contribution in [1.82, 2.24) is 5.32 Å². The zero-order chi connectivity index (χ0) is 15.0. The summed E-state index contributed by atoms with van der Waals surface area (Å²) in [5.74, 6) is 0. The van der Waals surface area contributed by atoms with Gasteiger partial charge in [-0.1, -0.05) is 30.3 Å². The molecule has 0 aromatic heterocycles. The Hall–Kier alpha value is -1.62. The molecule has 0 fully saturated rings. The summed E-state index contributed by atoms with van der Waals surface area (Å²) in [5, 5.41) is 3.32. The number of amides is 1. The Balaban J connectivity index is 2.31. The van der Waals surface area contributed by atoms with Gasteiger partial charge in [-0.15, -0.1) is 0 Å². The Morgan fingerprint density at radius 1 is 1.25 bits per heavy atom. The van der Waals surface area contributed by atoms with E-state index in [2.05, 4.69) is 5.32 Å². The molecule has 1 amide bonds. The van der Waals surface area contributed by atoms with E-state index in [-0.39, 0.29) is 6.61 Å². The standard InChI is InChI=1S/C15H21NO3S/c1-12(20)18-10-9-15(2,3)16-14(17)19-11-13-7-5-4-6-8-13/h4-8H,9-11H2,1-3H3,(H,16,17). The number of ether oxygens (including phenoxy) is 2. The molecule has 1 aromatic carbocycles. The molecule has 0 bridgehead atoms. The van der Waals surface area contributed by atoms with Crippen LogP contribution in [0.15, 0.2) is 30.3 Å². The van der Waals surface area contributed by atoms with Gasteiger partial charge in [0.05, 0.1) is 6.61 Å². The van der Waals surface area contributed by atoms with E-state index in [0.29, 0.717) is 18.1 Å². The number of carbonyl (C=O) groups is 1. The highest BCUT2D eigenvalue weighted by Crippen LogP contribution is 2.09. The van der Waals surface area contributed by atoms with Gasteiger partial charge in [-0.2, -0.15) is 0 Å². The summed E-state index contributed by atoms with van der Waals surface area (Å²) < 4.78 is 10.4. The van der Waals surface area contributed by atoms with Crippen LogP contribution in [-0.4, -0.2) is 23.3 Å². The van der Waals surface area contributed by atoms with E-state index >= 15 is 0 Å². The lowest BCUT2D eigenvalue weighted by molar-refractivity contribution is 0.125. The van der Waals surface area contributed by atoms with Crippen molar-refractivity contribution >= 4 is 23.4 Å². The van der Waals surface area contributed by atoms with Crippen molar-refractivity contribution in [3.8, 4) is 0 Å². The summed E-state index contributed by atoms with van der Waals surface area (Å²) in [6, 6.07) is 9.56. The van der Waals surface area contributed by atoms with Crippen molar-refractivity contribution in [3.05, 3.63) is 35.9 Å². The highest BCUT2D eigenvalue weighted by molar-refractivity contribution is 7.80. The minimum absolute atomic E-state index is 0.262. The average Bonchev–Trinajstić information content (AvgIpc) is 2.36. The van der Waals surface area contributed by atoms with Crippen LogP contribution in [0.25, 0.3) is 0 Å². The zero-order valence-electron chi connectivity index (χ0n) is 12.1. The van der Waals surface area contributed by atoms with E-state index in [4.69, 9.17) is 21.7 Å². The third-order valence-electron chi connectivity index (χ3n) is 2.69. The Morgan fingerprint density at radius 2 is 1.90 bits per heavy atom. The van der Waals surface area contributed by atoms with Crippen LogP contribution in [0, 0.1) is 0 Å². The van der Waals surface area contributed by atoms with Gasteiger partial charge in [0.25, 0.3) is 0 Å². The lowest BCUT2D eigenvalue weighted by Gasteiger charge is -2.25. The number of thiocarbonyl (C=S) groups is 1. The van der Waals surface area contributed by atoms with Crippen molar-refractivity contribution in [2.45, 2.75) is 39.3 Å². The maximum absolute atomic E-state index is 11.7. The van der Waals surface area contributed by atoms with Crippen LogP contribution in [0.2, 0.25) is 0 Å². The lowest BCUT2D eigenvalue weighted by atomic mass is 10.0. The molecule has 1 N–H and O–H groups in total. The molecule has 0 heterocycles. The predicted molar refractivity (Wildman–Crippen MR) is 82.7 cm³/mol. The molecule has 0 atom stereocenters. The van der Waals surface area contributed by atoms with Crippen LogP contribution in [0.1, 0.15) is 32.8 Å². The minimum atomic E-state index is -0.432. The second-order valence-corrected chi connectivity index (χ2v) is 5.74. The highest BCUT2D eigenvalue weighted by atomic mass is 32.1. The number of hydrogen-bond acceptors (Lipinski definition) is 4. The molecule has 0 aliphatic rings. The second kappa shape index (κ2) is 7.85. The topological polar surface area (TPSA) is 47.6 Å². The van der Waals surface area contributed by atoms with Crippen LogP contribution in [0.5, 0.6) is 0 Å². The van der Waals surface area contributed by atoms with Gasteiger partial charge in [0, 0.05) is 18.9 Å². The Morgan fingerprint density at radius 3 is 2.50 bits per heavy atom. The first-order chi connectivity index (χ1) is 9.39. The second-order valence-electron chi connectivity index (χ2n) is 5.16. The van der Waals surface area contributed by atoms with Gasteiger partial charge in [-0.3, -0.25) is 0 Å². The maximum Gasteiger partial charge on any atom is 0.407 e. The molecule has 110 valence electrons. The van der Waals surface area contributed by atoms with Gasteiger partial charge in [-0.25, -0.2) is 4.79 Å². The van der Waals surface area contributed by atoms with E-state index < -0.39 is 11.6 Å². The first kappa shape index (κ1) is 16.4. The largest absolute Gasteiger partial charge is 0.487 e. The van der Waals surface area contributed by atoms with E-state index in [0.717, 1.165) is 5.56 Å². The number of carbonyl (C=O) groups excluding carboxylic acids is 1. The fourth-order valence-corrected chi connectivity index (χ4v) is 1.63. The average molecular weight is 295 g/mol. The summed E-state index contributed by atoms with van der Waals surface area (Å²) >= 11 is 4.83. The quantitative estimate of drug-likeness (QED) is 0.817. The predicted octanol–water partition coefficient (Wildman–Crippen LogP) is 3.45. The fourth-order valence-electron chi connectivity index (χ4n) is 1.55. The molecule has 0 spiro atoms. The fraction of sp³-hybridized carbons (Fsp3) is 0.467. The lowest BCUT2D eigenvalue weighted by Crippen LogP contribution is -2.44. The normalized spacial score (nSPS) is 10.8. The van der Waals surface area contributed by atoms with Gasteiger partial charge in [-0.05, 0) is 31.6 Å². The molecule has 0 saturated carbocycles. The van der Waals surface area contributed by atoms with Crippen molar-refractivity contribution in [1.29, 1.82) is 0 Å². The van der Waals surface area contributed by atoms with Crippen molar-refractivity contribution in [3.63, 3.8) is 0 Å². The molecule has 0 radical (unpaired) electrons. The van der Waals surface area contributed by atoms with E-state index in [1.807, 2.05) is 44.2 Å². The number of nitrogens with one attached hydrogen (secondary N) is 1. The monoisotopic (exact) mass is 295 g/mol. The molecule has 0 aliphatic carbocycles. The number of rotatable bonds is 6. The van der Waals surface area contributed by atoms with Crippen molar-refractivity contribution in [2.24, 2.45) is 0 Å². The van der Waals surface area contributed by atoms with Gasteiger partial charge in [0.15, 0.2) is 5.05 Å². The Bertz CT molecular complexity index is 446.